The van der Waals surface area contributed by atoms with E-state index in [0.29, 0.717) is 29.8 Å². The number of likely N-dealkylation sites (tertiary alicyclic amines) is 1. The first-order valence-corrected chi connectivity index (χ1v) is 8.91. The number of carbonyl (C=O) groups is 2. The van der Waals surface area contributed by atoms with Gasteiger partial charge in [-0.05, 0) is 56.0 Å². The molecule has 26 heavy (non-hydrogen) atoms. The number of hydrogen-bond acceptors (Lipinski definition) is 3. The lowest BCUT2D eigenvalue weighted by atomic mass is 9.91. The van der Waals surface area contributed by atoms with E-state index in [-0.39, 0.29) is 23.7 Å². The van der Waals surface area contributed by atoms with Crippen LogP contribution in [-0.2, 0) is 0 Å². The fourth-order valence-corrected chi connectivity index (χ4v) is 3.42. The Kier molecular flexibility index (Phi) is 5.47. The third-order valence-electron chi connectivity index (χ3n) is 5.00. The van der Waals surface area contributed by atoms with Gasteiger partial charge < -0.3 is 10.6 Å². The summed E-state index contributed by atoms with van der Waals surface area (Å²) in [6.45, 7) is 3.24. The Morgan fingerprint density at radius 2 is 1.77 bits per heavy atom. The van der Waals surface area contributed by atoms with Crippen LogP contribution in [0.15, 0.2) is 48.5 Å². The summed E-state index contributed by atoms with van der Waals surface area (Å²) in [5.74, 6) is -0.565. The molecule has 136 valence electrons. The highest BCUT2D eigenvalue weighted by Gasteiger charge is 2.28. The van der Waals surface area contributed by atoms with Crippen molar-refractivity contribution >= 4 is 11.7 Å². The van der Waals surface area contributed by atoms with Gasteiger partial charge in [-0.15, -0.1) is 0 Å². The molecule has 0 radical (unpaired) electrons. The molecule has 5 heteroatoms. The Labute approximate surface area is 152 Å². The Morgan fingerprint density at radius 1 is 1.12 bits per heavy atom. The Bertz CT molecular complexity index is 802. The molecule has 1 aliphatic rings. The first-order valence-electron chi connectivity index (χ1n) is 8.91. The lowest BCUT2D eigenvalue weighted by molar-refractivity contribution is 0.0657. The molecular weight excluding hydrogens is 331 g/mol. The standard InChI is InChI=1S/C21H23FN2O2/c1-14(23)16-5-4-12-24(13-16)21(26)19-7-3-2-6-18(19)20(25)15-8-10-17(22)11-9-15/h2-3,6-11,14,16H,4-5,12-13,23H2,1H3/t14-,16+/m1/s1. The highest BCUT2D eigenvalue weighted by Crippen LogP contribution is 2.23. The summed E-state index contributed by atoms with van der Waals surface area (Å²) in [4.78, 5) is 27.7. The van der Waals surface area contributed by atoms with Gasteiger partial charge in [0.15, 0.2) is 5.78 Å². The van der Waals surface area contributed by atoms with E-state index in [0.717, 1.165) is 12.8 Å². The minimum Gasteiger partial charge on any atom is -0.338 e. The summed E-state index contributed by atoms with van der Waals surface area (Å²) in [5.41, 5.74) is 7.09. The van der Waals surface area contributed by atoms with Gasteiger partial charge in [-0.25, -0.2) is 4.39 Å². The van der Waals surface area contributed by atoms with Gasteiger partial charge in [-0.3, -0.25) is 9.59 Å². The van der Waals surface area contributed by atoms with E-state index in [2.05, 4.69) is 0 Å². The maximum atomic E-state index is 13.1. The van der Waals surface area contributed by atoms with Crippen molar-refractivity contribution in [3.8, 4) is 0 Å². The third kappa shape index (κ3) is 3.83. The van der Waals surface area contributed by atoms with Crippen molar-refractivity contribution in [1.82, 2.24) is 4.90 Å². The zero-order valence-electron chi connectivity index (χ0n) is 14.8. The second kappa shape index (κ2) is 7.79. The molecule has 2 aromatic carbocycles. The largest absolute Gasteiger partial charge is 0.338 e. The van der Waals surface area contributed by atoms with Gasteiger partial charge in [0, 0.05) is 30.3 Å². The maximum Gasteiger partial charge on any atom is 0.254 e. The van der Waals surface area contributed by atoms with Crippen LogP contribution in [0.1, 0.15) is 46.0 Å². The fraction of sp³-hybridized carbons (Fsp3) is 0.333. The summed E-state index contributed by atoms with van der Waals surface area (Å²) in [6.07, 6.45) is 1.92. The van der Waals surface area contributed by atoms with Crippen molar-refractivity contribution in [1.29, 1.82) is 0 Å². The van der Waals surface area contributed by atoms with Crippen LogP contribution < -0.4 is 5.73 Å². The van der Waals surface area contributed by atoms with Gasteiger partial charge in [0.25, 0.3) is 5.91 Å². The van der Waals surface area contributed by atoms with E-state index >= 15 is 0 Å². The normalized spacial score (nSPS) is 18.4. The number of amides is 1. The highest BCUT2D eigenvalue weighted by atomic mass is 19.1. The molecule has 0 unspecified atom stereocenters. The van der Waals surface area contributed by atoms with E-state index < -0.39 is 5.82 Å². The molecule has 2 atom stereocenters. The molecule has 0 saturated carbocycles. The van der Waals surface area contributed by atoms with E-state index in [4.69, 9.17) is 5.73 Å². The summed E-state index contributed by atoms with van der Waals surface area (Å²) in [5, 5.41) is 0. The average Bonchev–Trinajstić information content (AvgIpc) is 2.67. The number of ketones is 1. The van der Waals surface area contributed by atoms with Gasteiger partial charge in [-0.2, -0.15) is 0 Å². The van der Waals surface area contributed by atoms with Crippen LogP contribution in [0.5, 0.6) is 0 Å². The van der Waals surface area contributed by atoms with Crippen molar-refractivity contribution in [2.45, 2.75) is 25.8 Å². The zero-order valence-corrected chi connectivity index (χ0v) is 14.8. The molecule has 2 N–H and O–H groups in total. The topological polar surface area (TPSA) is 63.4 Å². The van der Waals surface area contributed by atoms with Crippen molar-refractivity contribution < 1.29 is 14.0 Å². The van der Waals surface area contributed by atoms with Gasteiger partial charge in [-0.1, -0.05) is 18.2 Å². The first kappa shape index (κ1) is 18.3. The molecule has 4 nitrogen and oxygen atoms in total. The smallest absolute Gasteiger partial charge is 0.254 e. The lowest BCUT2D eigenvalue weighted by Gasteiger charge is -2.35. The molecular formula is C21H23FN2O2. The van der Waals surface area contributed by atoms with Crippen LogP contribution in [0, 0.1) is 11.7 Å². The van der Waals surface area contributed by atoms with E-state index in [1.807, 2.05) is 6.92 Å². The molecule has 1 amide bonds. The quantitative estimate of drug-likeness (QED) is 0.857. The minimum absolute atomic E-state index is 0.0293. The minimum atomic E-state index is -0.402. The van der Waals surface area contributed by atoms with Crippen molar-refractivity contribution in [2.24, 2.45) is 11.7 Å². The third-order valence-corrected chi connectivity index (χ3v) is 5.00. The second-order valence-corrected chi connectivity index (χ2v) is 6.89. The maximum absolute atomic E-state index is 13.1. The zero-order chi connectivity index (χ0) is 18.7. The van der Waals surface area contributed by atoms with E-state index in [1.54, 1.807) is 29.2 Å². The number of benzene rings is 2. The molecule has 1 heterocycles. The van der Waals surface area contributed by atoms with Crippen LogP contribution in [-0.4, -0.2) is 35.7 Å². The van der Waals surface area contributed by atoms with Crippen molar-refractivity contribution in [2.75, 3.05) is 13.1 Å². The lowest BCUT2D eigenvalue weighted by Crippen LogP contribution is -2.45. The molecule has 0 aliphatic carbocycles. The summed E-state index contributed by atoms with van der Waals surface area (Å²) < 4.78 is 13.1. The number of nitrogens with two attached hydrogens (primary N) is 1. The molecule has 0 bridgehead atoms. The molecule has 2 aromatic rings. The SMILES string of the molecule is C[C@@H](N)[C@H]1CCCN(C(=O)c2ccccc2C(=O)c2ccc(F)cc2)C1. The molecule has 0 aromatic heterocycles. The number of piperidine rings is 1. The number of halogens is 1. The van der Waals surface area contributed by atoms with Gasteiger partial charge in [0.05, 0.1) is 5.56 Å². The summed E-state index contributed by atoms with van der Waals surface area (Å²) in [7, 11) is 0. The highest BCUT2D eigenvalue weighted by molar-refractivity contribution is 6.15. The molecule has 1 fully saturated rings. The Morgan fingerprint density at radius 3 is 2.42 bits per heavy atom. The van der Waals surface area contributed by atoms with Crippen LogP contribution >= 0.6 is 0 Å². The number of nitrogens with zero attached hydrogens (tertiary/aromatic N) is 1. The van der Waals surface area contributed by atoms with Crippen LogP contribution in [0.4, 0.5) is 4.39 Å². The Hall–Kier alpha value is -2.53. The molecule has 3 rings (SSSR count). The number of hydrogen-bond donors (Lipinski definition) is 1. The van der Waals surface area contributed by atoms with Gasteiger partial charge >= 0.3 is 0 Å². The fourth-order valence-electron chi connectivity index (χ4n) is 3.42. The first-order chi connectivity index (χ1) is 12.5. The molecule has 1 saturated heterocycles. The van der Waals surface area contributed by atoms with E-state index in [1.165, 1.54) is 24.3 Å². The van der Waals surface area contributed by atoms with Crippen molar-refractivity contribution in [3.05, 3.63) is 71.0 Å². The van der Waals surface area contributed by atoms with Crippen LogP contribution in [0.2, 0.25) is 0 Å². The van der Waals surface area contributed by atoms with Gasteiger partial charge in [0.2, 0.25) is 0 Å². The Balaban J connectivity index is 1.88. The molecule has 0 spiro atoms. The number of rotatable bonds is 4. The predicted octanol–water partition coefficient (Wildman–Crippen LogP) is 3.26. The average molecular weight is 354 g/mol. The van der Waals surface area contributed by atoms with Gasteiger partial charge in [0.1, 0.15) is 5.82 Å². The predicted molar refractivity (Wildman–Crippen MR) is 98.6 cm³/mol. The van der Waals surface area contributed by atoms with E-state index in [9.17, 15) is 14.0 Å². The number of carbonyl (C=O) groups excluding carboxylic acids is 2. The van der Waals surface area contributed by atoms with Crippen molar-refractivity contribution in [3.63, 3.8) is 0 Å². The monoisotopic (exact) mass is 354 g/mol. The summed E-state index contributed by atoms with van der Waals surface area (Å²) in [6, 6.07) is 12.2. The van der Waals surface area contributed by atoms with Crippen LogP contribution in [0.25, 0.3) is 0 Å². The molecule has 1 aliphatic heterocycles. The summed E-state index contributed by atoms with van der Waals surface area (Å²) >= 11 is 0. The second-order valence-electron chi connectivity index (χ2n) is 6.89. The van der Waals surface area contributed by atoms with Crippen LogP contribution in [0.3, 0.4) is 0 Å².